The van der Waals surface area contributed by atoms with E-state index in [0.29, 0.717) is 33.8 Å². The molecule has 2 aromatic carbocycles. The van der Waals surface area contributed by atoms with Gasteiger partial charge < -0.3 is 19.2 Å². The minimum atomic E-state index is -0.657. The molecule has 0 saturated carbocycles. The second-order valence-corrected chi connectivity index (χ2v) is 8.13. The zero-order valence-electron chi connectivity index (χ0n) is 18.9. The van der Waals surface area contributed by atoms with E-state index in [1.165, 1.54) is 25.0 Å². The summed E-state index contributed by atoms with van der Waals surface area (Å²) in [6.45, 7) is 0.143. The van der Waals surface area contributed by atoms with Crippen LogP contribution in [-0.4, -0.2) is 41.5 Å². The molecule has 0 saturated heterocycles. The molecule has 0 radical (unpaired) electrons. The van der Waals surface area contributed by atoms with Gasteiger partial charge in [-0.15, -0.1) is 0 Å². The van der Waals surface area contributed by atoms with Gasteiger partial charge in [0.05, 0.1) is 49.4 Å². The predicted octanol–water partition coefficient (Wildman–Crippen LogP) is 3.11. The van der Waals surface area contributed by atoms with Crippen molar-refractivity contribution in [3.8, 4) is 17.2 Å². The van der Waals surface area contributed by atoms with E-state index in [-0.39, 0.29) is 23.0 Å². The van der Waals surface area contributed by atoms with Crippen LogP contribution < -0.4 is 25.7 Å². The van der Waals surface area contributed by atoms with Gasteiger partial charge in [0, 0.05) is 6.07 Å². The fourth-order valence-electron chi connectivity index (χ4n) is 3.32. The molecule has 10 nitrogen and oxygen atoms in total. The third-order valence-corrected chi connectivity index (χ3v) is 5.90. The van der Waals surface area contributed by atoms with Crippen LogP contribution in [0.4, 0.5) is 4.79 Å². The average Bonchev–Trinajstić information content (AvgIpc) is 3.40. The predicted molar refractivity (Wildman–Crippen MR) is 130 cm³/mol. The van der Waals surface area contributed by atoms with Crippen LogP contribution >= 0.6 is 11.8 Å². The van der Waals surface area contributed by atoms with Crippen molar-refractivity contribution in [3.63, 3.8) is 0 Å². The van der Waals surface area contributed by atoms with E-state index < -0.39 is 11.9 Å². The van der Waals surface area contributed by atoms with E-state index in [2.05, 4.69) is 15.6 Å². The van der Waals surface area contributed by atoms with Crippen LogP contribution in [0.2, 0.25) is 0 Å². The maximum atomic E-state index is 13.4. The Kier molecular flexibility index (Phi) is 7.36. The number of furan rings is 1. The number of methoxy groups -OCH3 is 2. The van der Waals surface area contributed by atoms with Gasteiger partial charge in [0.1, 0.15) is 5.76 Å². The fourth-order valence-corrected chi connectivity index (χ4v) is 4.13. The van der Waals surface area contributed by atoms with Crippen molar-refractivity contribution >= 4 is 34.6 Å². The number of hydrogen-bond acceptors (Lipinski definition) is 8. The first-order valence-corrected chi connectivity index (χ1v) is 11.5. The van der Waals surface area contributed by atoms with Crippen LogP contribution in [0.3, 0.4) is 0 Å². The van der Waals surface area contributed by atoms with Crippen LogP contribution in [0.15, 0.2) is 75.2 Å². The summed E-state index contributed by atoms with van der Waals surface area (Å²) < 4.78 is 17.2. The van der Waals surface area contributed by atoms with E-state index in [0.717, 1.165) is 11.8 Å². The van der Waals surface area contributed by atoms with Crippen LogP contribution in [0, 0.1) is 0 Å². The van der Waals surface area contributed by atoms with Crippen LogP contribution in [0.1, 0.15) is 5.76 Å². The van der Waals surface area contributed by atoms with Crippen molar-refractivity contribution in [3.05, 3.63) is 77.0 Å². The Morgan fingerprint density at radius 3 is 2.60 bits per heavy atom. The Morgan fingerprint density at radius 2 is 1.86 bits per heavy atom. The SMILES string of the molecule is COc1ccc(-n2c(SCC(=O)NC(=O)NCc3ccco3)nc3ccccc3c2=O)cc1OC. The standard InChI is InChI=1S/C24H22N4O6S/c1-32-19-10-9-15(12-20(19)33-2)28-22(30)17-7-3-4-8-18(17)26-24(28)35-14-21(29)27-23(31)25-13-16-6-5-11-34-16/h3-12H,13-14H2,1-2H3,(H2,25,27,29,31). The molecular formula is C24H22N4O6S. The quantitative estimate of drug-likeness (QED) is 0.283. The van der Waals surface area contributed by atoms with E-state index in [9.17, 15) is 14.4 Å². The molecule has 0 aliphatic heterocycles. The molecule has 4 rings (SSSR count). The molecule has 0 unspecified atom stereocenters. The number of urea groups is 1. The van der Waals surface area contributed by atoms with Crippen molar-refractivity contribution in [2.75, 3.05) is 20.0 Å². The number of carbonyl (C=O) groups excluding carboxylic acids is 2. The number of rotatable bonds is 8. The number of benzene rings is 2. The molecule has 11 heteroatoms. The number of carbonyl (C=O) groups is 2. The monoisotopic (exact) mass is 494 g/mol. The van der Waals surface area contributed by atoms with Crippen molar-refractivity contribution < 1.29 is 23.5 Å². The number of amides is 3. The van der Waals surface area contributed by atoms with Gasteiger partial charge in [-0.2, -0.15) is 0 Å². The minimum Gasteiger partial charge on any atom is -0.493 e. The maximum absolute atomic E-state index is 13.4. The van der Waals surface area contributed by atoms with Crippen LogP contribution in [-0.2, 0) is 11.3 Å². The molecular weight excluding hydrogens is 472 g/mol. The van der Waals surface area contributed by atoms with Crippen molar-refractivity contribution in [2.24, 2.45) is 0 Å². The molecule has 0 aliphatic rings. The van der Waals surface area contributed by atoms with E-state index in [4.69, 9.17) is 13.9 Å². The van der Waals surface area contributed by atoms with Crippen LogP contribution in [0.25, 0.3) is 16.6 Å². The Morgan fingerprint density at radius 1 is 1.06 bits per heavy atom. The largest absolute Gasteiger partial charge is 0.493 e. The number of ether oxygens (including phenoxy) is 2. The maximum Gasteiger partial charge on any atom is 0.321 e. The minimum absolute atomic E-state index is 0.143. The third-order valence-electron chi connectivity index (χ3n) is 4.96. The number of thioether (sulfide) groups is 1. The molecule has 2 heterocycles. The highest BCUT2D eigenvalue weighted by Crippen LogP contribution is 2.30. The Balaban J connectivity index is 1.57. The lowest BCUT2D eigenvalue weighted by Crippen LogP contribution is -2.40. The Hall–Kier alpha value is -4.25. The summed E-state index contributed by atoms with van der Waals surface area (Å²) in [4.78, 5) is 42.4. The summed E-state index contributed by atoms with van der Waals surface area (Å²) in [7, 11) is 3.02. The first-order valence-electron chi connectivity index (χ1n) is 10.5. The summed E-state index contributed by atoms with van der Waals surface area (Å²) in [5.74, 6) is 0.806. The molecule has 0 atom stereocenters. The highest BCUT2D eigenvalue weighted by molar-refractivity contribution is 7.99. The number of hydrogen-bond donors (Lipinski definition) is 2. The molecule has 0 fully saturated rings. The van der Waals surface area contributed by atoms with E-state index in [1.807, 2.05) is 0 Å². The van der Waals surface area contributed by atoms with Gasteiger partial charge in [0.25, 0.3) is 5.56 Å². The highest BCUT2D eigenvalue weighted by Gasteiger charge is 2.17. The van der Waals surface area contributed by atoms with Gasteiger partial charge in [-0.05, 0) is 36.4 Å². The van der Waals surface area contributed by atoms with Crippen molar-refractivity contribution in [1.29, 1.82) is 0 Å². The number of fused-ring (bicyclic) bond motifs is 1. The molecule has 2 N–H and O–H groups in total. The third kappa shape index (κ3) is 5.46. The Bertz CT molecular complexity index is 1420. The highest BCUT2D eigenvalue weighted by atomic mass is 32.2. The first kappa shape index (κ1) is 23.9. The molecule has 0 bridgehead atoms. The second-order valence-electron chi connectivity index (χ2n) is 7.19. The zero-order valence-corrected chi connectivity index (χ0v) is 19.8. The second kappa shape index (κ2) is 10.8. The molecule has 4 aromatic rings. The number of imide groups is 1. The summed E-state index contributed by atoms with van der Waals surface area (Å²) in [5, 5.41) is 5.50. The summed E-state index contributed by atoms with van der Waals surface area (Å²) in [5.41, 5.74) is 0.681. The van der Waals surface area contributed by atoms with Gasteiger partial charge in [0.2, 0.25) is 5.91 Å². The summed E-state index contributed by atoms with van der Waals surface area (Å²) in [6.07, 6.45) is 1.49. The smallest absolute Gasteiger partial charge is 0.321 e. The molecule has 3 amide bonds. The fraction of sp³-hybridized carbons (Fsp3) is 0.167. The normalized spacial score (nSPS) is 10.7. The lowest BCUT2D eigenvalue weighted by Gasteiger charge is -2.15. The number of nitrogens with one attached hydrogen (secondary N) is 2. The summed E-state index contributed by atoms with van der Waals surface area (Å²) >= 11 is 1.03. The summed E-state index contributed by atoms with van der Waals surface area (Å²) in [6, 6.07) is 14.7. The number of para-hydroxylation sites is 1. The molecule has 0 aliphatic carbocycles. The molecule has 0 spiro atoms. The van der Waals surface area contributed by atoms with E-state index >= 15 is 0 Å². The zero-order chi connectivity index (χ0) is 24.8. The van der Waals surface area contributed by atoms with Gasteiger partial charge >= 0.3 is 6.03 Å². The van der Waals surface area contributed by atoms with Gasteiger partial charge in [-0.25, -0.2) is 9.78 Å². The van der Waals surface area contributed by atoms with Crippen LogP contribution in [0.5, 0.6) is 11.5 Å². The van der Waals surface area contributed by atoms with Gasteiger partial charge in [-0.3, -0.25) is 19.5 Å². The lowest BCUT2D eigenvalue weighted by molar-refractivity contribution is -0.117. The van der Waals surface area contributed by atoms with Gasteiger partial charge in [0.15, 0.2) is 16.7 Å². The topological polar surface area (TPSA) is 125 Å². The van der Waals surface area contributed by atoms with Crippen molar-refractivity contribution in [2.45, 2.75) is 11.7 Å². The lowest BCUT2D eigenvalue weighted by atomic mass is 10.2. The van der Waals surface area contributed by atoms with E-state index in [1.54, 1.807) is 54.6 Å². The molecule has 2 aromatic heterocycles. The Labute approximate surface area is 204 Å². The first-order chi connectivity index (χ1) is 17.0. The van der Waals surface area contributed by atoms with Crippen molar-refractivity contribution in [1.82, 2.24) is 20.2 Å². The average molecular weight is 495 g/mol. The number of nitrogens with zero attached hydrogens (tertiary/aromatic N) is 2. The molecule has 35 heavy (non-hydrogen) atoms. The molecule has 180 valence electrons. The number of aromatic nitrogens is 2. The van der Waals surface area contributed by atoms with Gasteiger partial charge in [-0.1, -0.05) is 23.9 Å².